The molecule has 0 saturated heterocycles. The summed E-state index contributed by atoms with van der Waals surface area (Å²) in [4.78, 5) is 12.2. The van der Waals surface area contributed by atoms with E-state index in [9.17, 15) is 4.79 Å². The van der Waals surface area contributed by atoms with Crippen molar-refractivity contribution in [2.75, 3.05) is 14.2 Å². The standard InChI is InChI=1S/C16H18N2O3/c1-11-10-13(18(2)17-11)14(19)9-8-12-6-5-7-15(20-3)16(12)21-4/h5-10H,1-4H3/b9-8+. The zero-order chi connectivity index (χ0) is 15.4. The van der Waals surface area contributed by atoms with Crippen LogP contribution in [0.5, 0.6) is 11.5 Å². The number of ketones is 1. The molecular formula is C16H18N2O3. The molecule has 2 aromatic rings. The van der Waals surface area contributed by atoms with Gasteiger partial charge in [-0.15, -0.1) is 0 Å². The summed E-state index contributed by atoms with van der Waals surface area (Å²) in [5, 5.41) is 4.17. The summed E-state index contributed by atoms with van der Waals surface area (Å²) in [6.07, 6.45) is 3.22. The first kappa shape index (κ1) is 14.8. The molecule has 0 aliphatic rings. The smallest absolute Gasteiger partial charge is 0.203 e. The Balaban J connectivity index is 2.29. The van der Waals surface area contributed by atoms with Crippen molar-refractivity contribution in [1.82, 2.24) is 9.78 Å². The third-order valence-electron chi connectivity index (χ3n) is 3.10. The number of ether oxygens (including phenoxy) is 2. The fraction of sp³-hybridized carbons (Fsp3) is 0.250. The number of hydrogen-bond acceptors (Lipinski definition) is 4. The first-order valence-corrected chi connectivity index (χ1v) is 6.51. The average molecular weight is 286 g/mol. The highest BCUT2D eigenvalue weighted by Crippen LogP contribution is 2.31. The van der Waals surface area contributed by atoms with Crippen LogP contribution in [0.4, 0.5) is 0 Å². The van der Waals surface area contributed by atoms with Gasteiger partial charge in [0.25, 0.3) is 0 Å². The van der Waals surface area contributed by atoms with Crippen LogP contribution in [0.2, 0.25) is 0 Å². The van der Waals surface area contributed by atoms with E-state index >= 15 is 0 Å². The number of nitrogens with zero attached hydrogens (tertiary/aromatic N) is 2. The topological polar surface area (TPSA) is 53.3 Å². The molecule has 0 amide bonds. The second kappa shape index (κ2) is 6.26. The normalized spacial score (nSPS) is 10.9. The number of benzene rings is 1. The third-order valence-corrected chi connectivity index (χ3v) is 3.10. The largest absolute Gasteiger partial charge is 0.493 e. The van der Waals surface area contributed by atoms with Crippen LogP contribution in [0, 0.1) is 6.92 Å². The van der Waals surface area contributed by atoms with Crippen LogP contribution in [0.3, 0.4) is 0 Å². The maximum atomic E-state index is 12.2. The van der Waals surface area contributed by atoms with Gasteiger partial charge in [0.1, 0.15) is 5.69 Å². The lowest BCUT2D eigenvalue weighted by molar-refractivity contribution is 0.103. The second-order valence-electron chi connectivity index (χ2n) is 4.57. The number of rotatable bonds is 5. The molecule has 110 valence electrons. The van der Waals surface area contributed by atoms with Gasteiger partial charge >= 0.3 is 0 Å². The van der Waals surface area contributed by atoms with Gasteiger partial charge in [0, 0.05) is 12.6 Å². The maximum Gasteiger partial charge on any atom is 0.203 e. The van der Waals surface area contributed by atoms with Crippen LogP contribution in [-0.2, 0) is 7.05 Å². The Hall–Kier alpha value is -2.56. The van der Waals surface area contributed by atoms with Gasteiger partial charge in [-0.05, 0) is 31.2 Å². The Labute approximate surface area is 123 Å². The van der Waals surface area contributed by atoms with Crippen LogP contribution in [-0.4, -0.2) is 29.8 Å². The lowest BCUT2D eigenvalue weighted by atomic mass is 10.1. The van der Waals surface area contributed by atoms with Gasteiger partial charge in [-0.1, -0.05) is 12.1 Å². The zero-order valence-electron chi connectivity index (χ0n) is 12.6. The second-order valence-corrected chi connectivity index (χ2v) is 4.57. The Morgan fingerprint density at radius 3 is 2.62 bits per heavy atom. The summed E-state index contributed by atoms with van der Waals surface area (Å²) in [6.45, 7) is 1.85. The number of para-hydroxylation sites is 1. The molecule has 21 heavy (non-hydrogen) atoms. The van der Waals surface area contributed by atoms with Crippen molar-refractivity contribution >= 4 is 11.9 Å². The van der Waals surface area contributed by atoms with E-state index in [1.807, 2.05) is 25.1 Å². The van der Waals surface area contributed by atoms with Crippen LogP contribution >= 0.6 is 0 Å². The Morgan fingerprint density at radius 2 is 2.05 bits per heavy atom. The van der Waals surface area contributed by atoms with Crippen molar-refractivity contribution in [2.24, 2.45) is 7.05 Å². The summed E-state index contributed by atoms with van der Waals surface area (Å²) in [6, 6.07) is 7.28. The van der Waals surface area contributed by atoms with Crippen LogP contribution in [0.25, 0.3) is 6.08 Å². The molecule has 0 spiro atoms. The predicted octanol–water partition coefficient (Wildman–Crippen LogP) is 2.64. The molecule has 2 rings (SSSR count). The average Bonchev–Trinajstić information content (AvgIpc) is 2.82. The molecule has 5 nitrogen and oxygen atoms in total. The minimum atomic E-state index is -0.108. The van der Waals surface area contributed by atoms with E-state index in [0.717, 1.165) is 11.3 Å². The number of aromatic nitrogens is 2. The van der Waals surface area contributed by atoms with Gasteiger partial charge in [-0.3, -0.25) is 9.48 Å². The minimum absolute atomic E-state index is 0.108. The molecule has 1 aromatic heterocycles. The monoisotopic (exact) mass is 286 g/mol. The van der Waals surface area contributed by atoms with E-state index in [0.29, 0.717) is 17.2 Å². The Bertz CT molecular complexity index is 687. The van der Waals surface area contributed by atoms with Gasteiger partial charge in [0.2, 0.25) is 5.78 Å². The Kier molecular flexibility index (Phi) is 4.42. The molecule has 1 aromatic carbocycles. The lowest BCUT2D eigenvalue weighted by Crippen LogP contribution is -2.03. The van der Waals surface area contributed by atoms with Gasteiger partial charge in [0.15, 0.2) is 11.5 Å². The summed E-state index contributed by atoms with van der Waals surface area (Å²) in [5.41, 5.74) is 2.14. The number of allylic oxidation sites excluding steroid dienone is 1. The number of carbonyl (C=O) groups is 1. The van der Waals surface area contributed by atoms with Gasteiger partial charge in [0.05, 0.1) is 19.9 Å². The highest BCUT2D eigenvalue weighted by molar-refractivity contribution is 6.05. The SMILES string of the molecule is COc1cccc(/C=C/C(=O)c2cc(C)nn2C)c1OC. The van der Waals surface area contributed by atoms with Crippen LogP contribution < -0.4 is 9.47 Å². The highest BCUT2D eigenvalue weighted by Gasteiger charge is 2.10. The van der Waals surface area contributed by atoms with Crippen molar-refractivity contribution < 1.29 is 14.3 Å². The predicted molar refractivity (Wildman–Crippen MR) is 80.9 cm³/mol. The first-order chi connectivity index (χ1) is 10.1. The fourth-order valence-electron chi connectivity index (χ4n) is 2.14. The summed E-state index contributed by atoms with van der Waals surface area (Å²) in [5.74, 6) is 1.12. The molecule has 0 fully saturated rings. The van der Waals surface area contributed by atoms with E-state index in [4.69, 9.17) is 9.47 Å². The van der Waals surface area contributed by atoms with E-state index in [2.05, 4.69) is 5.10 Å². The molecule has 1 heterocycles. The number of carbonyl (C=O) groups excluding carboxylic acids is 1. The highest BCUT2D eigenvalue weighted by atomic mass is 16.5. The van der Waals surface area contributed by atoms with Gasteiger partial charge < -0.3 is 9.47 Å². The molecule has 0 unspecified atom stereocenters. The molecule has 0 atom stereocenters. The minimum Gasteiger partial charge on any atom is -0.493 e. The first-order valence-electron chi connectivity index (χ1n) is 6.51. The lowest BCUT2D eigenvalue weighted by Gasteiger charge is -2.09. The van der Waals surface area contributed by atoms with E-state index < -0.39 is 0 Å². The molecule has 0 aliphatic carbocycles. The van der Waals surface area contributed by atoms with E-state index in [1.165, 1.54) is 6.08 Å². The van der Waals surface area contributed by atoms with Crippen molar-refractivity contribution in [3.05, 3.63) is 47.3 Å². The van der Waals surface area contributed by atoms with Crippen LogP contribution in [0.15, 0.2) is 30.3 Å². The molecule has 5 heteroatoms. The number of aryl methyl sites for hydroxylation is 2. The number of hydrogen-bond donors (Lipinski definition) is 0. The van der Waals surface area contributed by atoms with Crippen molar-refractivity contribution in [2.45, 2.75) is 6.92 Å². The number of methoxy groups -OCH3 is 2. The molecule has 0 aliphatic heterocycles. The van der Waals surface area contributed by atoms with Crippen LogP contribution in [0.1, 0.15) is 21.7 Å². The molecule has 0 radical (unpaired) electrons. The van der Waals surface area contributed by atoms with Gasteiger partial charge in [-0.25, -0.2) is 0 Å². The van der Waals surface area contributed by atoms with Gasteiger partial charge in [-0.2, -0.15) is 5.10 Å². The van der Waals surface area contributed by atoms with Crippen molar-refractivity contribution in [1.29, 1.82) is 0 Å². The summed E-state index contributed by atoms with van der Waals surface area (Å²) < 4.78 is 12.1. The maximum absolute atomic E-state index is 12.2. The molecule has 0 bridgehead atoms. The molecule has 0 saturated carbocycles. The molecule has 0 N–H and O–H groups in total. The third kappa shape index (κ3) is 3.13. The molecular weight excluding hydrogens is 268 g/mol. The summed E-state index contributed by atoms with van der Waals surface area (Å²) in [7, 11) is 4.90. The quantitative estimate of drug-likeness (QED) is 0.626. The fourth-order valence-corrected chi connectivity index (χ4v) is 2.14. The van der Waals surface area contributed by atoms with Crippen molar-refractivity contribution in [3.8, 4) is 11.5 Å². The zero-order valence-corrected chi connectivity index (χ0v) is 12.6. The van der Waals surface area contributed by atoms with Crippen molar-refractivity contribution in [3.63, 3.8) is 0 Å². The Morgan fingerprint density at radius 1 is 1.29 bits per heavy atom. The van der Waals surface area contributed by atoms with E-state index in [1.54, 1.807) is 38.1 Å². The summed E-state index contributed by atoms with van der Waals surface area (Å²) >= 11 is 0. The van der Waals surface area contributed by atoms with E-state index in [-0.39, 0.29) is 5.78 Å².